The fourth-order valence-corrected chi connectivity index (χ4v) is 6.83. The van der Waals surface area contributed by atoms with Crippen LogP contribution in [0, 0.1) is 22.7 Å². The third-order valence-corrected chi connectivity index (χ3v) is 9.64. The Morgan fingerprint density at radius 2 is 1.20 bits per heavy atom. The molecule has 0 aromatic heterocycles. The predicted octanol–water partition coefficient (Wildman–Crippen LogP) is 9.62. The highest BCUT2D eigenvalue weighted by Crippen LogP contribution is 2.48. The van der Waals surface area contributed by atoms with Crippen molar-refractivity contribution in [2.75, 3.05) is 24.7 Å². The van der Waals surface area contributed by atoms with Crippen molar-refractivity contribution in [3.8, 4) is 5.75 Å². The molecule has 0 saturated carbocycles. The topological polar surface area (TPSA) is 93.1 Å². The van der Waals surface area contributed by atoms with Gasteiger partial charge in [0, 0.05) is 30.3 Å². The summed E-state index contributed by atoms with van der Waals surface area (Å²) >= 11 is 1.59. The van der Waals surface area contributed by atoms with Gasteiger partial charge in [-0.3, -0.25) is 9.59 Å². The van der Waals surface area contributed by atoms with E-state index in [0.29, 0.717) is 55.5 Å². The van der Waals surface area contributed by atoms with E-state index in [0.717, 1.165) is 22.3 Å². The van der Waals surface area contributed by atoms with Crippen molar-refractivity contribution >= 4 is 23.7 Å². The van der Waals surface area contributed by atoms with Gasteiger partial charge in [-0.1, -0.05) is 114 Å². The molecule has 0 aliphatic heterocycles. The summed E-state index contributed by atoms with van der Waals surface area (Å²) in [4.78, 5) is 25.0. The molecule has 0 fully saturated rings. The molecule has 0 heterocycles. The number of aliphatic hydroxyl groups excluding tert-OH is 1. The molecule has 0 spiro atoms. The molecule has 0 amide bonds. The van der Waals surface area contributed by atoms with Crippen molar-refractivity contribution in [3.05, 3.63) is 51.8 Å². The molecule has 0 bridgehead atoms. The average molecular weight is 659 g/mol. The van der Waals surface area contributed by atoms with Crippen molar-refractivity contribution in [1.29, 1.82) is 0 Å². The van der Waals surface area contributed by atoms with Gasteiger partial charge in [-0.05, 0) is 62.7 Å². The van der Waals surface area contributed by atoms with Gasteiger partial charge in [-0.25, -0.2) is 0 Å². The number of carbonyl (C=O) groups excluding carboxylic acids is 2. The summed E-state index contributed by atoms with van der Waals surface area (Å²) in [5.41, 5.74) is 4.21. The molecule has 0 radical (unpaired) electrons. The minimum atomic E-state index is -0.243. The Labute approximate surface area is 283 Å². The Kier molecular flexibility index (Phi) is 13.5. The predicted molar refractivity (Wildman–Crippen MR) is 192 cm³/mol. The first-order valence-corrected chi connectivity index (χ1v) is 18.0. The number of thioether (sulfide) groups is 1. The fourth-order valence-electron chi connectivity index (χ4n) is 6.22. The second kappa shape index (κ2) is 15.7. The summed E-state index contributed by atoms with van der Waals surface area (Å²) in [5, 5.41) is 22.1. The van der Waals surface area contributed by atoms with E-state index in [2.05, 4.69) is 96.1 Å². The van der Waals surface area contributed by atoms with Crippen molar-refractivity contribution < 1.29 is 29.3 Å². The summed E-state index contributed by atoms with van der Waals surface area (Å²) in [6, 6.07) is 4.02. The van der Waals surface area contributed by atoms with Gasteiger partial charge in [0.1, 0.15) is 24.7 Å². The van der Waals surface area contributed by atoms with Crippen LogP contribution in [0.25, 0.3) is 0 Å². The Balaban J connectivity index is 1.76. The molecule has 46 heavy (non-hydrogen) atoms. The number of carbonyl (C=O) groups is 2. The van der Waals surface area contributed by atoms with E-state index in [4.69, 9.17) is 9.47 Å². The van der Waals surface area contributed by atoms with E-state index in [1.54, 1.807) is 11.8 Å². The Morgan fingerprint density at radius 3 is 1.61 bits per heavy atom. The summed E-state index contributed by atoms with van der Waals surface area (Å²) in [7, 11) is 0. The fraction of sp³-hybridized carbons (Fsp3) is 0.692. The molecule has 2 rings (SSSR count). The molecule has 2 atom stereocenters. The van der Waals surface area contributed by atoms with Gasteiger partial charge in [0.05, 0.1) is 0 Å². The Hall–Kier alpha value is -2.41. The molecule has 1 aromatic carbocycles. The first-order chi connectivity index (χ1) is 20.9. The van der Waals surface area contributed by atoms with E-state index in [9.17, 15) is 19.8 Å². The number of rotatable bonds is 12. The second-order valence-electron chi connectivity index (χ2n) is 17.0. The summed E-state index contributed by atoms with van der Waals surface area (Å²) in [6.45, 7) is 28.0. The largest absolute Gasteiger partial charge is 0.512 e. The van der Waals surface area contributed by atoms with E-state index < -0.39 is 0 Å². The molecule has 2 N–H and O–H groups in total. The van der Waals surface area contributed by atoms with E-state index in [-0.39, 0.29) is 51.9 Å². The molecule has 260 valence electrons. The van der Waals surface area contributed by atoms with Gasteiger partial charge < -0.3 is 19.7 Å². The van der Waals surface area contributed by atoms with Crippen LogP contribution in [-0.4, -0.2) is 46.9 Å². The summed E-state index contributed by atoms with van der Waals surface area (Å²) < 4.78 is 10.9. The normalized spacial score (nSPS) is 18.0. The smallest absolute Gasteiger partial charge is 0.306 e. The lowest BCUT2D eigenvalue weighted by Crippen LogP contribution is -2.34. The SMILES string of the molecule is CC1C(CCC(=O)OCCSCCOC(=O)CCc2cc(C(C)(C)C)c(O)c(C(C)(C)C)c2)=CC(C(C)(C)C)=C(O)C1C(C)(C)C. The van der Waals surface area contributed by atoms with E-state index >= 15 is 0 Å². The number of aryl methyl sites for hydroxylation is 1. The first-order valence-electron chi connectivity index (χ1n) is 16.8. The van der Waals surface area contributed by atoms with Gasteiger partial charge in [0.25, 0.3) is 0 Å². The van der Waals surface area contributed by atoms with Crippen molar-refractivity contribution in [1.82, 2.24) is 0 Å². The number of aliphatic hydroxyl groups is 1. The number of hydrogen-bond donors (Lipinski definition) is 2. The molecule has 7 heteroatoms. The maximum absolute atomic E-state index is 12.5. The average Bonchev–Trinajstić information content (AvgIpc) is 2.88. The molecule has 6 nitrogen and oxygen atoms in total. The Morgan fingerprint density at radius 1 is 0.739 bits per heavy atom. The maximum atomic E-state index is 12.5. The molecule has 1 aliphatic carbocycles. The molecule has 1 aliphatic rings. The standard InChI is InChI=1S/C39H62O6S/c1-25-27(24-30(38(8,9)10)35(43)33(25)39(11,12)13)15-17-32(41)45-19-21-46-20-18-44-31(40)16-14-26-22-28(36(2,3)4)34(42)29(23-26)37(5,6)7/h22-25,33,42-43H,14-21H2,1-13H3. The van der Waals surface area contributed by atoms with Gasteiger partial charge in [-0.15, -0.1) is 0 Å². The minimum absolute atomic E-state index is 0.00120. The molecule has 2 unspecified atom stereocenters. The van der Waals surface area contributed by atoms with Crippen molar-refractivity contribution in [2.24, 2.45) is 22.7 Å². The highest BCUT2D eigenvalue weighted by atomic mass is 32.2. The lowest BCUT2D eigenvalue weighted by molar-refractivity contribution is -0.143. The van der Waals surface area contributed by atoms with Crippen LogP contribution in [0.3, 0.4) is 0 Å². The second-order valence-corrected chi connectivity index (χ2v) is 18.2. The van der Waals surface area contributed by atoms with Crippen LogP contribution < -0.4 is 0 Å². The zero-order valence-electron chi connectivity index (χ0n) is 31.0. The number of hydrogen-bond acceptors (Lipinski definition) is 7. The molecule has 1 aromatic rings. The van der Waals surface area contributed by atoms with Crippen LogP contribution in [0.15, 0.2) is 35.1 Å². The number of benzene rings is 1. The molecular weight excluding hydrogens is 596 g/mol. The van der Waals surface area contributed by atoms with Gasteiger partial charge in [0.2, 0.25) is 0 Å². The van der Waals surface area contributed by atoms with E-state index in [1.807, 2.05) is 12.1 Å². The van der Waals surface area contributed by atoms with Gasteiger partial charge >= 0.3 is 11.9 Å². The van der Waals surface area contributed by atoms with Crippen LogP contribution in [0.4, 0.5) is 0 Å². The van der Waals surface area contributed by atoms with E-state index in [1.165, 1.54) is 5.57 Å². The number of allylic oxidation sites excluding steroid dienone is 4. The lowest BCUT2D eigenvalue weighted by Gasteiger charge is -2.42. The zero-order chi connectivity index (χ0) is 35.3. The van der Waals surface area contributed by atoms with Crippen LogP contribution in [-0.2, 0) is 36.3 Å². The summed E-state index contributed by atoms with van der Waals surface area (Å²) in [5.74, 6) is 1.76. The number of aromatic hydroxyl groups is 1. The van der Waals surface area contributed by atoms with Crippen molar-refractivity contribution in [2.45, 2.75) is 127 Å². The summed E-state index contributed by atoms with van der Waals surface area (Å²) in [6.07, 6.45) is 3.85. The minimum Gasteiger partial charge on any atom is -0.512 e. The highest BCUT2D eigenvalue weighted by molar-refractivity contribution is 7.99. The third kappa shape index (κ3) is 11.4. The monoisotopic (exact) mass is 658 g/mol. The van der Waals surface area contributed by atoms with Crippen LogP contribution in [0.2, 0.25) is 0 Å². The van der Waals surface area contributed by atoms with Crippen LogP contribution >= 0.6 is 11.8 Å². The molecule has 0 saturated heterocycles. The highest BCUT2D eigenvalue weighted by Gasteiger charge is 2.40. The first kappa shape index (κ1) is 39.8. The number of phenolic OH excluding ortho intramolecular Hbond substituents is 1. The molecular formula is C39H62O6S. The van der Waals surface area contributed by atoms with Crippen LogP contribution in [0.1, 0.15) is 126 Å². The van der Waals surface area contributed by atoms with Crippen molar-refractivity contribution in [3.63, 3.8) is 0 Å². The number of esters is 2. The van der Waals surface area contributed by atoms with Gasteiger partial charge in [-0.2, -0.15) is 11.8 Å². The lowest BCUT2D eigenvalue weighted by atomic mass is 9.64. The van der Waals surface area contributed by atoms with Gasteiger partial charge in [0.15, 0.2) is 0 Å². The number of ether oxygens (including phenoxy) is 2. The Bertz CT molecular complexity index is 1240. The third-order valence-electron chi connectivity index (χ3n) is 8.73. The zero-order valence-corrected chi connectivity index (χ0v) is 31.8. The number of phenols is 1. The van der Waals surface area contributed by atoms with Crippen LogP contribution in [0.5, 0.6) is 5.75 Å². The maximum Gasteiger partial charge on any atom is 0.306 e. The quantitative estimate of drug-likeness (QED) is 0.171.